The monoisotopic (exact) mass is 167 g/mol. The van der Waals surface area contributed by atoms with Crippen LogP contribution < -0.4 is 5.73 Å². The standard InChI is InChI=1S/C10H17NO/c1-4-9(11)10-5-8(6-12-10)7(2)3/h5-7,9H,4,11H2,1-3H3/t9-/m1/s1. The number of nitrogens with two attached hydrogens (primary N) is 1. The van der Waals surface area contributed by atoms with Crippen LogP contribution >= 0.6 is 0 Å². The maximum absolute atomic E-state index is 5.81. The third kappa shape index (κ3) is 1.89. The molecule has 0 saturated heterocycles. The van der Waals surface area contributed by atoms with Crippen molar-refractivity contribution in [1.82, 2.24) is 0 Å². The number of hydrogen-bond acceptors (Lipinski definition) is 2. The molecule has 0 unspecified atom stereocenters. The van der Waals surface area contributed by atoms with Crippen molar-refractivity contribution in [2.75, 3.05) is 0 Å². The van der Waals surface area contributed by atoms with Crippen molar-refractivity contribution in [3.05, 3.63) is 23.7 Å². The minimum Gasteiger partial charge on any atom is -0.467 e. The Morgan fingerprint density at radius 3 is 2.58 bits per heavy atom. The van der Waals surface area contributed by atoms with Crippen LogP contribution in [0.2, 0.25) is 0 Å². The van der Waals surface area contributed by atoms with Gasteiger partial charge in [-0.15, -0.1) is 0 Å². The van der Waals surface area contributed by atoms with Crippen molar-refractivity contribution < 1.29 is 4.42 Å². The van der Waals surface area contributed by atoms with Gasteiger partial charge >= 0.3 is 0 Å². The van der Waals surface area contributed by atoms with Gasteiger partial charge in [-0.2, -0.15) is 0 Å². The molecule has 2 nitrogen and oxygen atoms in total. The molecule has 1 aromatic rings. The van der Waals surface area contributed by atoms with Crippen molar-refractivity contribution in [2.45, 2.75) is 39.2 Å². The molecule has 1 heterocycles. The van der Waals surface area contributed by atoms with Gasteiger partial charge in [-0.3, -0.25) is 0 Å². The highest BCUT2D eigenvalue weighted by Gasteiger charge is 2.10. The predicted octanol–water partition coefficient (Wildman–Crippen LogP) is 2.81. The molecule has 1 aromatic heterocycles. The van der Waals surface area contributed by atoms with Gasteiger partial charge in [-0.05, 0) is 24.0 Å². The Labute approximate surface area is 73.8 Å². The molecule has 2 heteroatoms. The summed E-state index contributed by atoms with van der Waals surface area (Å²) in [7, 11) is 0. The largest absolute Gasteiger partial charge is 0.467 e. The van der Waals surface area contributed by atoms with Gasteiger partial charge in [0.2, 0.25) is 0 Å². The first-order valence-electron chi connectivity index (χ1n) is 4.49. The molecule has 12 heavy (non-hydrogen) atoms. The lowest BCUT2D eigenvalue weighted by Gasteiger charge is -2.02. The van der Waals surface area contributed by atoms with E-state index in [1.54, 1.807) is 6.26 Å². The second-order valence-electron chi connectivity index (χ2n) is 3.45. The number of rotatable bonds is 3. The molecular formula is C10H17NO. The average Bonchev–Trinajstić information content (AvgIpc) is 2.51. The van der Waals surface area contributed by atoms with Crippen LogP contribution in [0.15, 0.2) is 16.7 Å². The molecule has 68 valence electrons. The Morgan fingerprint density at radius 1 is 1.50 bits per heavy atom. The van der Waals surface area contributed by atoms with Gasteiger partial charge in [0.25, 0.3) is 0 Å². The normalized spacial score (nSPS) is 13.8. The first kappa shape index (κ1) is 9.33. The van der Waals surface area contributed by atoms with E-state index < -0.39 is 0 Å². The highest BCUT2D eigenvalue weighted by molar-refractivity contribution is 5.18. The van der Waals surface area contributed by atoms with E-state index in [-0.39, 0.29) is 6.04 Å². The summed E-state index contributed by atoms with van der Waals surface area (Å²) >= 11 is 0. The zero-order valence-corrected chi connectivity index (χ0v) is 8.00. The van der Waals surface area contributed by atoms with E-state index in [0.29, 0.717) is 5.92 Å². The van der Waals surface area contributed by atoms with Crippen molar-refractivity contribution in [1.29, 1.82) is 0 Å². The molecule has 0 bridgehead atoms. The van der Waals surface area contributed by atoms with Crippen molar-refractivity contribution >= 4 is 0 Å². The van der Waals surface area contributed by atoms with Crippen molar-refractivity contribution in [3.8, 4) is 0 Å². The first-order valence-corrected chi connectivity index (χ1v) is 4.49. The van der Waals surface area contributed by atoms with Gasteiger partial charge in [-0.25, -0.2) is 0 Å². The molecule has 2 N–H and O–H groups in total. The van der Waals surface area contributed by atoms with E-state index in [4.69, 9.17) is 10.2 Å². The molecule has 0 radical (unpaired) electrons. The second-order valence-corrected chi connectivity index (χ2v) is 3.45. The number of hydrogen-bond donors (Lipinski definition) is 1. The van der Waals surface area contributed by atoms with Gasteiger partial charge in [0.05, 0.1) is 12.3 Å². The van der Waals surface area contributed by atoms with E-state index in [0.717, 1.165) is 12.2 Å². The summed E-state index contributed by atoms with van der Waals surface area (Å²) in [4.78, 5) is 0. The molecular weight excluding hydrogens is 150 g/mol. The SMILES string of the molecule is CC[C@@H](N)c1cc(C(C)C)co1. The maximum atomic E-state index is 5.81. The molecule has 0 fully saturated rings. The molecule has 0 aliphatic heterocycles. The van der Waals surface area contributed by atoms with Gasteiger partial charge in [0.15, 0.2) is 0 Å². The Balaban J connectivity index is 2.77. The highest BCUT2D eigenvalue weighted by Crippen LogP contribution is 2.22. The lowest BCUT2D eigenvalue weighted by Crippen LogP contribution is -2.06. The summed E-state index contributed by atoms with van der Waals surface area (Å²) in [5.74, 6) is 1.42. The zero-order chi connectivity index (χ0) is 9.14. The third-order valence-corrected chi connectivity index (χ3v) is 2.11. The lowest BCUT2D eigenvalue weighted by atomic mass is 10.1. The van der Waals surface area contributed by atoms with Crippen LogP contribution in [0.25, 0.3) is 0 Å². The molecule has 0 aliphatic carbocycles. The molecule has 0 spiro atoms. The highest BCUT2D eigenvalue weighted by atomic mass is 16.3. The summed E-state index contributed by atoms with van der Waals surface area (Å²) in [6, 6.07) is 2.11. The van der Waals surface area contributed by atoms with Crippen LogP contribution in [-0.4, -0.2) is 0 Å². The Morgan fingerprint density at radius 2 is 2.17 bits per heavy atom. The van der Waals surface area contributed by atoms with Crippen LogP contribution in [0, 0.1) is 0 Å². The topological polar surface area (TPSA) is 39.2 Å². The third-order valence-electron chi connectivity index (χ3n) is 2.11. The van der Waals surface area contributed by atoms with Crippen LogP contribution in [-0.2, 0) is 0 Å². The summed E-state index contributed by atoms with van der Waals surface area (Å²) in [5.41, 5.74) is 7.04. The van der Waals surface area contributed by atoms with Crippen molar-refractivity contribution in [3.63, 3.8) is 0 Å². The quantitative estimate of drug-likeness (QED) is 0.751. The summed E-state index contributed by atoms with van der Waals surface area (Å²) in [6.45, 7) is 6.35. The molecule has 0 aliphatic rings. The molecule has 1 atom stereocenters. The van der Waals surface area contributed by atoms with Gasteiger partial charge in [0, 0.05) is 0 Å². The summed E-state index contributed by atoms with van der Waals surface area (Å²) in [6.07, 6.45) is 2.72. The van der Waals surface area contributed by atoms with Gasteiger partial charge in [0.1, 0.15) is 5.76 Å². The molecule has 0 aromatic carbocycles. The van der Waals surface area contributed by atoms with E-state index in [2.05, 4.69) is 26.8 Å². The van der Waals surface area contributed by atoms with E-state index in [9.17, 15) is 0 Å². The molecule has 1 rings (SSSR count). The van der Waals surface area contributed by atoms with Crippen LogP contribution in [0.5, 0.6) is 0 Å². The fraction of sp³-hybridized carbons (Fsp3) is 0.600. The Bertz CT molecular complexity index is 240. The Hall–Kier alpha value is -0.760. The fourth-order valence-corrected chi connectivity index (χ4v) is 1.07. The first-order chi connectivity index (χ1) is 5.65. The van der Waals surface area contributed by atoms with E-state index in [1.165, 1.54) is 5.56 Å². The second kappa shape index (κ2) is 3.76. The van der Waals surface area contributed by atoms with Crippen LogP contribution in [0.4, 0.5) is 0 Å². The maximum Gasteiger partial charge on any atom is 0.120 e. The van der Waals surface area contributed by atoms with Crippen LogP contribution in [0.1, 0.15) is 50.5 Å². The molecule has 0 saturated carbocycles. The zero-order valence-electron chi connectivity index (χ0n) is 8.00. The smallest absolute Gasteiger partial charge is 0.120 e. The summed E-state index contributed by atoms with van der Waals surface area (Å²) in [5, 5.41) is 0. The van der Waals surface area contributed by atoms with Gasteiger partial charge < -0.3 is 10.2 Å². The Kier molecular flexibility index (Phi) is 2.93. The van der Waals surface area contributed by atoms with E-state index >= 15 is 0 Å². The number of furan rings is 1. The van der Waals surface area contributed by atoms with Gasteiger partial charge in [-0.1, -0.05) is 20.8 Å². The molecule has 0 amide bonds. The fourth-order valence-electron chi connectivity index (χ4n) is 1.07. The minimum absolute atomic E-state index is 0.0532. The predicted molar refractivity (Wildman–Crippen MR) is 50.0 cm³/mol. The lowest BCUT2D eigenvalue weighted by molar-refractivity contribution is 0.459. The summed E-state index contributed by atoms with van der Waals surface area (Å²) < 4.78 is 5.35. The van der Waals surface area contributed by atoms with Crippen LogP contribution in [0.3, 0.4) is 0 Å². The van der Waals surface area contributed by atoms with E-state index in [1.807, 2.05) is 0 Å². The average molecular weight is 167 g/mol. The van der Waals surface area contributed by atoms with Crippen molar-refractivity contribution in [2.24, 2.45) is 5.73 Å². The minimum atomic E-state index is 0.0532.